The molecule has 0 spiro atoms. The number of hydrogen-bond acceptors (Lipinski definition) is 6. The average Bonchev–Trinajstić information content (AvgIpc) is 3.07. The van der Waals surface area contributed by atoms with Crippen LogP contribution in [0.2, 0.25) is 0 Å². The van der Waals surface area contributed by atoms with Crippen molar-refractivity contribution in [3.63, 3.8) is 0 Å². The van der Waals surface area contributed by atoms with Crippen LogP contribution in [-0.4, -0.2) is 45.8 Å². The normalized spacial score (nSPS) is 27.3. The van der Waals surface area contributed by atoms with Gasteiger partial charge in [-0.25, -0.2) is 15.1 Å². The number of nitrogens with zero attached hydrogens (tertiary/aromatic N) is 3. The van der Waals surface area contributed by atoms with Gasteiger partial charge in [0.1, 0.15) is 11.5 Å². The number of aryl methyl sites for hydroxylation is 1. The molecule has 2 saturated carbocycles. The lowest BCUT2D eigenvalue weighted by Gasteiger charge is -2.20. The van der Waals surface area contributed by atoms with Crippen LogP contribution >= 0.6 is 0 Å². The van der Waals surface area contributed by atoms with Crippen LogP contribution in [0.15, 0.2) is 42.6 Å². The van der Waals surface area contributed by atoms with Crippen molar-refractivity contribution in [1.82, 2.24) is 19.5 Å². The molecule has 166 valence electrons. The Morgan fingerprint density at radius 1 is 1.28 bits per heavy atom. The molecule has 2 unspecified atom stereocenters. The first-order valence-electron chi connectivity index (χ1n) is 10.6. The van der Waals surface area contributed by atoms with Crippen molar-refractivity contribution in [3.8, 4) is 11.4 Å². The van der Waals surface area contributed by atoms with Gasteiger partial charge >= 0.3 is 10.3 Å². The summed E-state index contributed by atoms with van der Waals surface area (Å²) in [7, 11) is -4.01. The molecule has 4 aromatic rings. The van der Waals surface area contributed by atoms with Gasteiger partial charge in [0.15, 0.2) is 0 Å². The van der Waals surface area contributed by atoms with Crippen LogP contribution < -0.4 is 5.14 Å². The van der Waals surface area contributed by atoms with Crippen LogP contribution in [0.4, 0.5) is 0 Å². The lowest BCUT2D eigenvalue weighted by atomic mass is 10.0. The first-order chi connectivity index (χ1) is 15.3. The molecular formula is C22H23N5O4S. The maximum Gasteiger partial charge on any atom is 0.333 e. The fourth-order valence-corrected chi connectivity index (χ4v) is 5.83. The van der Waals surface area contributed by atoms with Gasteiger partial charge in [0.2, 0.25) is 0 Å². The zero-order chi connectivity index (χ0) is 22.2. The number of hydrogen-bond donors (Lipinski definition) is 3. The van der Waals surface area contributed by atoms with Gasteiger partial charge in [-0.1, -0.05) is 18.2 Å². The largest absolute Gasteiger partial charge is 0.392 e. The number of aliphatic hydroxyl groups excluding tert-OH is 1. The van der Waals surface area contributed by atoms with E-state index in [1.807, 2.05) is 37.4 Å². The molecule has 0 amide bonds. The number of fused-ring (bicyclic) bond motifs is 3. The highest BCUT2D eigenvalue weighted by Gasteiger charge is 2.62. The van der Waals surface area contributed by atoms with Gasteiger partial charge in [-0.15, -0.1) is 0 Å². The number of nitrogens with one attached hydrogen (secondary N) is 1. The molecule has 2 aliphatic rings. The predicted octanol–water partition coefficient (Wildman–Crippen LogP) is 2.28. The molecule has 2 aliphatic carbocycles. The molecule has 3 aromatic heterocycles. The summed E-state index contributed by atoms with van der Waals surface area (Å²) in [6.07, 6.45) is 2.06. The molecule has 9 nitrogen and oxygen atoms in total. The van der Waals surface area contributed by atoms with E-state index in [0.717, 1.165) is 33.3 Å². The van der Waals surface area contributed by atoms with Crippen LogP contribution in [0.1, 0.15) is 18.3 Å². The van der Waals surface area contributed by atoms with Crippen LogP contribution in [0.25, 0.3) is 33.3 Å². The highest BCUT2D eigenvalue weighted by molar-refractivity contribution is 7.84. The third-order valence-corrected chi connectivity index (χ3v) is 7.34. The van der Waals surface area contributed by atoms with E-state index in [4.69, 9.17) is 19.3 Å². The van der Waals surface area contributed by atoms with E-state index in [2.05, 4.69) is 21.7 Å². The first kappa shape index (κ1) is 19.9. The predicted molar refractivity (Wildman–Crippen MR) is 119 cm³/mol. The zero-order valence-corrected chi connectivity index (χ0v) is 18.2. The van der Waals surface area contributed by atoms with Gasteiger partial charge in [-0.05, 0) is 37.5 Å². The molecular weight excluding hydrogens is 430 g/mol. The topological polar surface area (TPSA) is 136 Å². The number of aromatic amines is 1. The van der Waals surface area contributed by atoms with Crippen molar-refractivity contribution in [2.24, 2.45) is 22.9 Å². The third-order valence-electron chi connectivity index (χ3n) is 6.88. The molecule has 0 saturated heterocycles. The van der Waals surface area contributed by atoms with Crippen molar-refractivity contribution >= 4 is 32.2 Å². The second-order valence-corrected chi connectivity index (χ2v) is 10.1. The minimum absolute atomic E-state index is 0.0477. The Morgan fingerprint density at radius 2 is 2.09 bits per heavy atom. The fraction of sp³-hybridized carbons (Fsp3) is 0.364. The van der Waals surface area contributed by atoms with E-state index < -0.39 is 16.4 Å². The van der Waals surface area contributed by atoms with Crippen LogP contribution in [-0.2, 0) is 14.5 Å². The van der Waals surface area contributed by atoms with Crippen LogP contribution in [0, 0.1) is 24.7 Å². The summed E-state index contributed by atoms with van der Waals surface area (Å²) < 4.78 is 29.0. The Hall–Kier alpha value is -2.79. The second-order valence-electron chi connectivity index (χ2n) is 8.85. The number of aromatic nitrogens is 4. The number of aliphatic hydroxyl groups is 1. The van der Waals surface area contributed by atoms with Crippen molar-refractivity contribution < 1.29 is 17.7 Å². The van der Waals surface area contributed by atoms with E-state index in [1.54, 1.807) is 0 Å². The Kier molecular flexibility index (Phi) is 4.25. The molecule has 1 aromatic carbocycles. The van der Waals surface area contributed by atoms with Crippen LogP contribution in [0.5, 0.6) is 0 Å². The number of H-pyrrole nitrogens is 1. The smallest absolute Gasteiger partial charge is 0.333 e. The Bertz CT molecular complexity index is 1430. The lowest BCUT2D eigenvalue weighted by Crippen LogP contribution is -2.28. The molecule has 0 bridgehead atoms. The van der Waals surface area contributed by atoms with Gasteiger partial charge in [0.25, 0.3) is 0 Å². The molecule has 4 N–H and O–H groups in total. The minimum Gasteiger partial charge on any atom is -0.392 e. The summed E-state index contributed by atoms with van der Waals surface area (Å²) in [6.45, 7) is 1.80. The van der Waals surface area contributed by atoms with Crippen molar-refractivity contribution in [2.75, 3.05) is 6.61 Å². The molecule has 32 heavy (non-hydrogen) atoms. The van der Waals surface area contributed by atoms with E-state index in [0.29, 0.717) is 12.2 Å². The first-order valence-corrected chi connectivity index (χ1v) is 12.1. The third kappa shape index (κ3) is 3.14. The SMILES string of the molecule is Cc1nc(-c2cc3ccccc3[nH]2)c2ccn(C3C4[C@H]3C[C@@H](COS(N)(=O)=O)[C@H]4O)c2n1. The lowest BCUT2D eigenvalue weighted by molar-refractivity contribution is 0.0725. The van der Waals surface area contributed by atoms with Gasteiger partial charge in [-0.3, -0.25) is 4.18 Å². The number of rotatable bonds is 5. The van der Waals surface area contributed by atoms with Crippen molar-refractivity contribution in [3.05, 3.63) is 48.4 Å². The minimum atomic E-state index is -4.01. The highest BCUT2D eigenvalue weighted by atomic mass is 32.2. The standard InChI is InChI=1S/C22H23N5O4S/c1-11-24-19(17-9-12-4-2-3-5-16(12)26-17)14-6-7-27(22(14)25-11)20-15-8-13(21(28)18(15)20)10-31-32(23,29)30/h2-7,9,13,15,18,20-21,26,28H,8,10H2,1H3,(H2,23,29,30)/t13-,15+,18?,20?,21+/m0/s1. The average molecular weight is 454 g/mol. The monoisotopic (exact) mass is 453 g/mol. The molecule has 0 radical (unpaired) electrons. The Labute approximate surface area is 184 Å². The zero-order valence-electron chi connectivity index (χ0n) is 17.3. The summed E-state index contributed by atoms with van der Waals surface area (Å²) in [6, 6.07) is 12.4. The number of para-hydroxylation sites is 1. The van der Waals surface area contributed by atoms with Gasteiger partial charge in [0, 0.05) is 40.4 Å². The van der Waals surface area contributed by atoms with E-state index in [-0.39, 0.29) is 30.4 Å². The molecule has 5 atom stereocenters. The quantitative estimate of drug-likeness (QED) is 0.424. The molecule has 10 heteroatoms. The van der Waals surface area contributed by atoms with Gasteiger partial charge in [-0.2, -0.15) is 8.42 Å². The van der Waals surface area contributed by atoms with E-state index in [1.165, 1.54) is 0 Å². The molecule has 6 rings (SSSR count). The van der Waals surface area contributed by atoms with Crippen molar-refractivity contribution in [2.45, 2.75) is 25.5 Å². The van der Waals surface area contributed by atoms with Crippen molar-refractivity contribution in [1.29, 1.82) is 0 Å². The van der Waals surface area contributed by atoms with Gasteiger partial charge < -0.3 is 14.7 Å². The summed E-state index contributed by atoms with van der Waals surface area (Å²) in [5.41, 5.74) is 3.69. The molecule has 0 aliphatic heterocycles. The summed E-state index contributed by atoms with van der Waals surface area (Å²) in [5.74, 6) is 0.740. The summed E-state index contributed by atoms with van der Waals surface area (Å²) in [4.78, 5) is 12.9. The summed E-state index contributed by atoms with van der Waals surface area (Å²) in [5, 5.41) is 17.7. The van der Waals surface area contributed by atoms with Crippen LogP contribution in [0.3, 0.4) is 0 Å². The number of benzene rings is 1. The molecule has 2 fully saturated rings. The van der Waals surface area contributed by atoms with Gasteiger partial charge in [0.05, 0.1) is 24.1 Å². The maximum atomic E-state index is 11.1. The maximum absolute atomic E-state index is 11.1. The summed E-state index contributed by atoms with van der Waals surface area (Å²) >= 11 is 0. The van der Waals surface area contributed by atoms with E-state index >= 15 is 0 Å². The fourth-order valence-electron chi connectivity index (χ4n) is 5.47. The Morgan fingerprint density at radius 3 is 2.81 bits per heavy atom. The van der Waals surface area contributed by atoms with E-state index in [9.17, 15) is 13.5 Å². The second kappa shape index (κ2) is 6.85. The number of nitrogens with two attached hydrogens (primary N) is 1. The molecule has 3 heterocycles. The highest BCUT2D eigenvalue weighted by Crippen LogP contribution is 2.63. The Balaban J connectivity index is 1.32.